The summed E-state index contributed by atoms with van der Waals surface area (Å²) in [4.78, 5) is 30.5. The molecular weight excluding hydrogens is 292 g/mol. The van der Waals surface area contributed by atoms with Gasteiger partial charge < -0.3 is 10.2 Å². The highest BCUT2D eigenvalue weighted by molar-refractivity contribution is 6.30. The van der Waals surface area contributed by atoms with E-state index in [1.807, 2.05) is 4.90 Å². The maximum absolute atomic E-state index is 12.3. The number of rotatable bonds is 1. The summed E-state index contributed by atoms with van der Waals surface area (Å²) >= 11 is 5.92. The molecule has 1 aromatic rings. The van der Waals surface area contributed by atoms with E-state index in [0.29, 0.717) is 29.6 Å². The summed E-state index contributed by atoms with van der Waals surface area (Å²) in [5.74, 6) is -1.37. The zero-order chi connectivity index (χ0) is 14.8. The number of halogens is 1. The summed E-state index contributed by atoms with van der Waals surface area (Å²) in [6, 6.07) is 6.74. The first kappa shape index (κ1) is 14.0. The third kappa shape index (κ3) is 2.91. The van der Waals surface area contributed by atoms with Gasteiger partial charge >= 0.3 is 0 Å². The van der Waals surface area contributed by atoms with E-state index in [4.69, 9.17) is 11.6 Å². The van der Waals surface area contributed by atoms with E-state index in [9.17, 15) is 9.59 Å². The van der Waals surface area contributed by atoms with E-state index in [0.717, 1.165) is 13.1 Å². The Labute approximate surface area is 127 Å². The molecule has 6 nitrogen and oxygen atoms in total. The van der Waals surface area contributed by atoms with Gasteiger partial charge in [-0.1, -0.05) is 23.7 Å². The van der Waals surface area contributed by atoms with Gasteiger partial charge in [0.05, 0.1) is 0 Å². The Kier molecular flexibility index (Phi) is 3.90. The van der Waals surface area contributed by atoms with E-state index >= 15 is 0 Å². The Bertz CT molecular complexity index is 611. The SMILES string of the molecule is O=C1N=C(N2CCNCC2)NC(=O)C1c1cccc(Cl)c1. The molecule has 7 heteroatoms. The Morgan fingerprint density at radius 3 is 2.67 bits per heavy atom. The summed E-state index contributed by atoms with van der Waals surface area (Å²) in [5.41, 5.74) is 0.563. The molecule has 2 N–H and O–H groups in total. The number of aliphatic imine (C=N–C) groups is 1. The Morgan fingerprint density at radius 1 is 1.24 bits per heavy atom. The Hall–Kier alpha value is -1.92. The van der Waals surface area contributed by atoms with Crippen LogP contribution in [-0.2, 0) is 9.59 Å². The van der Waals surface area contributed by atoms with Crippen LogP contribution in [0, 0.1) is 0 Å². The van der Waals surface area contributed by atoms with Crippen LogP contribution in [0.4, 0.5) is 0 Å². The number of nitrogens with zero attached hydrogens (tertiary/aromatic N) is 2. The molecule has 0 spiro atoms. The van der Waals surface area contributed by atoms with Crippen LogP contribution in [-0.4, -0.2) is 48.9 Å². The fourth-order valence-corrected chi connectivity index (χ4v) is 2.70. The predicted octanol–water partition coefficient (Wildman–Crippen LogP) is 0.341. The van der Waals surface area contributed by atoms with Gasteiger partial charge in [0.15, 0.2) is 0 Å². The summed E-state index contributed by atoms with van der Waals surface area (Å²) < 4.78 is 0. The van der Waals surface area contributed by atoms with Crippen molar-refractivity contribution in [1.29, 1.82) is 0 Å². The smallest absolute Gasteiger partial charge is 0.265 e. The number of hydrogen-bond acceptors (Lipinski definition) is 4. The van der Waals surface area contributed by atoms with E-state index in [2.05, 4.69) is 15.6 Å². The van der Waals surface area contributed by atoms with Crippen molar-refractivity contribution in [3.05, 3.63) is 34.9 Å². The lowest BCUT2D eigenvalue weighted by Crippen LogP contribution is -2.55. The van der Waals surface area contributed by atoms with Crippen LogP contribution in [0.25, 0.3) is 0 Å². The first-order valence-electron chi connectivity index (χ1n) is 6.80. The van der Waals surface area contributed by atoms with E-state index < -0.39 is 11.8 Å². The molecule has 0 saturated carbocycles. The zero-order valence-electron chi connectivity index (χ0n) is 11.3. The van der Waals surface area contributed by atoms with Crippen LogP contribution in [0.2, 0.25) is 5.02 Å². The number of carbonyl (C=O) groups is 2. The Balaban J connectivity index is 1.85. The molecule has 110 valence electrons. The molecule has 0 aliphatic carbocycles. The molecule has 0 bridgehead atoms. The zero-order valence-corrected chi connectivity index (χ0v) is 12.1. The molecular formula is C14H15ClN4O2. The molecule has 3 rings (SSSR count). The molecule has 21 heavy (non-hydrogen) atoms. The first-order chi connectivity index (χ1) is 10.1. The van der Waals surface area contributed by atoms with Crippen LogP contribution in [0.15, 0.2) is 29.3 Å². The van der Waals surface area contributed by atoms with Crippen molar-refractivity contribution in [3.8, 4) is 0 Å². The van der Waals surface area contributed by atoms with Crippen molar-refractivity contribution in [3.63, 3.8) is 0 Å². The topological polar surface area (TPSA) is 73.8 Å². The molecule has 0 radical (unpaired) electrons. The lowest BCUT2D eigenvalue weighted by molar-refractivity contribution is -0.130. The van der Waals surface area contributed by atoms with Gasteiger partial charge in [0.1, 0.15) is 5.92 Å². The van der Waals surface area contributed by atoms with Gasteiger partial charge in [-0.3, -0.25) is 14.9 Å². The largest absolute Gasteiger partial charge is 0.340 e. The average Bonchev–Trinajstić information content (AvgIpc) is 2.47. The summed E-state index contributed by atoms with van der Waals surface area (Å²) in [7, 11) is 0. The molecule has 1 saturated heterocycles. The van der Waals surface area contributed by atoms with Gasteiger partial charge in [0, 0.05) is 31.2 Å². The molecule has 2 heterocycles. The van der Waals surface area contributed by atoms with Gasteiger partial charge in [0.25, 0.3) is 5.91 Å². The van der Waals surface area contributed by atoms with Gasteiger partial charge in [-0.05, 0) is 17.7 Å². The van der Waals surface area contributed by atoms with E-state index in [1.165, 1.54) is 0 Å². The lowest BCUT2D eigenvalue weighted by Gasteiger charge is -2.32. The molecule has 1 unspecified atom stereocenters. The summed E-state index contributed by atoms with van der Waals surface area (Å²) in [6.07, 6.45) is 0. The predicted molar refractivity (Wildman–Crippen MR) is 79.2 cm³/mol. The molecule has 2 amide bonds. The lowest BCUT2D eigenvalue weighted by atomic mass is 9.96. The van der Waals surface area contributed by atoms with E-state index in [1.54, 1.807) is 24.3 Å². The molecule has 1 fully saturated rings. The molecule has 1 atom stereocenters. The molecule has 2 aliphatic rings. The van der Waals surface area contributed by atoms with Crippen LogP contribution in [0.1, 0.15) is 11.5 Å². The highest BCUT2D eigenvalue weighted by Gasteiger charge is 2.35. The monoisotopic (exact) mass is 306 g/mol. The minimum atomic E-state index is -0.921. The Morgan fingerprint density at radius 2 is 2.00 bits per heavy atom. The fourth-order valence-electron chi connectivity index (χ4n) is 2.50. The van der Waals surface area contributed by atoms with Crippen LogP contribution in [0.3, 0.4) is 0 Å². The van der Waals surface area contributed by atoms with Crippen molar-refractivity contribution in [2.24, 2.45) is 4.99 Å². The second-order valence-corrected chi connectivity index (χ2v) is 5.42. The summed E-state index contributed by atoms with van der Waals surface area (Å²) in [5, 5.41) is 6.43. The maximum Gasteiger partial charge on any atom is 0.265 e. The third-order valence-corrected chi connectivity index (χ3v) is 3.79. The van der Waals surface area contributed by atoms with Crippen molar-refractivity contribution in [2.75, 3.05) is 26.2 Å². The maximum atomic E-state index is 12.3. The fraction of sp³-hybridized carbons (Fsp3) is 0.357. The average molecular weight is 307 g/mol. The standard InChI is InChI=1S/C14H15ClN4O2/c15-10-3-1-2-9(8-10)11-12(20)17-14(18-13(11)21)19-6-4-16-5-7-19/h1-3,8,11,16H,4-7H2,(H,17,18,20,21). The normalized spacial score (nSPS) is 22.8. The van der Waals surface area contributed by atoms with Crippen LogP contribution in [0.5, 0.6) is 0 Å². The van der Waals surface area contributed by atoms with Crippen LogP contribution < -0.4 is 10.6 Å². The van der Waals surface area contributed by atoms with Crippen molar-refractivity contribution in [1.82, 2.24) is 15.5 Å². The minimum absolute atomic E-state index is 0.352. The van der Waals surface area contributed by atoms with Gasteiger partial charge in [-0.25, -0.2) is 0 Å². The first-order valence-corrected chi connectivity index (χ1v) is 7.17. The number of nitrogens with one attached hydrogen (secondary N) is 2. The highest BCUT2D eigenvalue weighted by atomic mass is 35.5. The van der Waals surface area contributed by atoms with Gasteiger partial charge in [-0.2, -0.15) is 4.99 Å². The number of guanidine groups is 1. The van der Waals surface area contributed by atoms with Gasteiger partial charge in [-0.15, -0.1) is 0 Å². The van der Waals surface area contributed by atoms with Crippen molar-refractivity contribution < 1.29 is 9.59 Å². The minimum Gasteiger partial charge on any atom is -0.340 e. The molecule has 0 aromatic heterocycles. The number of piperazine rings is 1. The third-order valence-electron chi connectivity index (χ3n) is 3.56. The summed E-state index contributed by atoms with van der Waals surface area (Å²) in [6.45, 7) is 3.05. The van der Waals surface area contributed by atoms with Crippen molar-refractivity contribution >= 4 is 29.4 Å². The second kappa shape index (κ2) is 5.83. The highest BCUT2D eigenvalue weighted by Crippen LogP contribution is 2.23. The number of benzene rings is 1. The van der Waals surface area contributed by atoms with Gasteiger partial charge in [0.2, 0.25) is 11.9 Å². The van der Waals surface area contributed by atoms with Crippen LogP contribution >= 0.6 is 11.6 Å². The van der Waals surface area contributed by atoms with E-state index in [-0.39, 0.29) is 5.91 Å². The molecule has 2 aliphatic heterocycles. The second-order valence-electron chi connectivity index (χ2n) is 4.99. The quantitative estimate of drug-likeness (QED) is 0.734. The van der Waals surface area contributed by atoms with Crippen molar-refractivity contribution in [2.45, 2.75) is 5.92 Å². The molecule has 1 aromatic carbocycles. The number of hydrogen-bond donors (Lipinski definition) is 2. The number of carbonyl (C=O) groups excluding carboxylic acids is 2. The number of amides is 2.